The summed E-state index contributed by atoms with van der Waals surface area (Å²) in [6.07, 6.45) is 5.35. The monoisotopic (exact) mass is 533 g/mol. The number of amides is 1. The van der Waals surface area contributed by atoms with Crippen LogP contribution in [0.2, 0.25) is 14.4 Å². The Kier molecular flexibility index (Phi) is 5.57. The number of nitrogens with one attached hydrogen (secondary N) is 1. The smallest absolute Gasteiger partial charge is 0.272 e. The van der Waals surface area contributed by atoms with Crippen LogP contribution in [0.5, 0.6) is 0 Å². The van der Waals surface area contributed by atoms with E-state index in [-0.39, 0.29) is 5.91 Å². The van der Waals surface area contributed by atoms with Crippen molar-refractivity contribution in [2.75, 3.05) is 6.54 Å². The van der Waals surface area contributed by atoms with Crippen molar-refractivity contribution < 1.29 is 4.79 Å². The third-order valence-electron chi connectivity index (χ3n) is 8.50. The van der Waals surface area contributed by atoms with Crippen LogP contribution in [0.4, 0.5) is 0 Å². The molecule has 4 nitrogen and oxygen atoms in total. The zero-order valence-electron chi connectivity index (χ0n) is 19.1. The lowest BCUT2D eigenvalue weighted by atomic mass is 9.45. The number of nitrogens with zero attached hydrogens (tertiary/aromatic N) is 2. The molecule has 4 aliphatic carbocycles. The Morgan fingerprint density at radius 2 is 2.03 bits per heavy atom. The molecule has 1 amide bonds. The average molecular weight is 535 g/mol. The van der Waals surface area contributed by atoms with Crippen LogP contribution in [0.1, 0.15) is 54.7 Å². The van der Waals surface area contributed by atoms with Crippen LogP contribution in [-0.2, 0) is 12.8 Å². The van der Waals surface area contributed by atoms with Gasteiger partial charge >= 0.3 is 0 Å². The van der Waals surface area contributed by atoms with Gasteiger partial charge in [0.2, 0.25) is 0 Å². The predicted molar refractivity (Wildman–Crippen MR) is 140 cm³/mol. The highest BCUT2D eigenvalue weighted by atomic mass is 35.5. The SMILES string of the molecule is CC1(C)C2CCC(CNC(=O)c3nn(-c4ccc(Cl)cc4Cl)c4c3CCc3cc(Cl)sc3-4)C1C2. The van der Waals surface area contributed by atoms with Gasteiger partial charge in [0.05, 0.1) is 25.6 Å². The number of thiophene rings is 1. The van der Waals surface area contributed by atoms with Gasteiger partial charge < -0.3 is 5.32 Å². The molecule has 2 aromatic heterocycles. The fourth-order valence-electron chi connectivity index (χ4n) is 6.49. The number of rotatable bonds is 4. The lowest BCUT2D eigenvalue weighted by Crippen LogP contribution is -2.54. The van der Waals surface area contributed by atoms with Gasteiger partial charge in [0, 0.05) is 17.1 Å². The van der Waals surface area contributed by atoms with Gasteiger partial charge in [-0.15, -0.1) is 11.3 Å². The first-order chi connectivity index (χ1) is 16.2. The molecule has 3 aromatic rings. The molecule has 1 aromatic carbocycles. The second-order valence-electron chi connectivity index (χ2n) is 10.5. The molecule has 3 atom stereocenters. The highest BCUT2D eigenvalue weighted by Crippen LogP contribution is 2.61. The summed E-state index contributed by atoms with van der Waals surface area (Å²) in [7, 11) is 0. The molecule has 3 saturated carbocycles. The van der Waals surface area contributed by atoms with Gasteiger partial charge in [-0.2, -0.15) is 5.10 Å². The molecule has 2 bridgehead atoms. The molecule has 4 aliphatic rings. The second-order valence-corrected chi connectivity index (χ2v) is 13.0. The Morgan fingerprint density at radius 3 is 2.76 bits per heavy atom. The van der Waals surface area contributed by atoms with Gasteiger partial charge in [-0.25, -0.2) is 4.68 Å². The lowest BCUT2D eigenvalue weighted by molar-refractivity contribution is -0.103. The van der Waals surface area contributed by atoms with Crippen LogP contribution in [0, 0.1) is 23.2 Å². The summed E-state index contributed by atoms with van der Waals surface area (Å²) in [5.74, 6) is 1.98. The molecule has 0 spiro atoms. The molecule has 0 radical (unpaired) electrons. The maximum absolute atomic E-state index is 13.5. The van der Waals surface area contributed by atoms with Crippen molar-refractivity contribution in [1.82, 2.24) is 15.1 Å². The van der Waals surface area contributed by atoms with Crippen LogP contribution < -0.4 is 5.32 Å². The fourth-order valence-corrected chi connectivity index (χ4v) is 8.33. The summed E-state index contributed by atoms with van der Waals surface area (Å²) >= 11 is 20.6. The number of hydrogen-bond acceptors (Lipinski definition) is 3. The quantitative estimate of drug-likeness (QED) is 0.377. The van der Waals surface area contributed by atoms with Crippen molar-refractivity contribution in [3.63, 3.8) is 0 Å². The van der Waals surface area contributed by atoms with Crippen molar-refractivity contribution >= 4 is 52.0 Å². The van der Waals surface area contributed by atoms with Gasteiger partial charge in [0.1, 0.15) is 0 Å². The Hall–Kier alpha value is -1.53. The molecule has 34 heavy (non-hydrogen) atoms. The highest BCUT2D eigenvalue weighted by Gasteiger charge is 2.54. The van der Waals surface area contributed by atoms with E-state index in [1.54, 1.807) is 16.8 Å². The molecule has 3 unspecified atom stereocenters. The van der Waals surface area contributed by atoms with Crippen molar-refractivity contribution in [1.29, 1.82) is 0 Å². The second kappa shape index (κ2) is 8.26. The van der Waals surface area contributed by atoms with Gasteiger partial charge in [-0.3, -0.25) is 4.79 Å². The van der Waals surface area contributed by atoms with Crippen molar-refractivity contribution in [3.05, 3.63) is 55.5 Å². The van der Waals surface area contributed by atoms with Gasteiger partial charge in [0.25, 0.3) is 5.91 Å². The van der Waals surface area contributed by atoms with E-state index in [0.29, 0.717) is 45.2 Å². The van der Waals surface area contributed by atoms with Crippen molar-refractivity contribution in [3.8, 4) is 16.3 Å². The summed E-state index contributed by atoms with van der Waals surface area (Å²) in [4.78, 5) is 14.5. The molecule has 0 saturated heterocycles. The van der Waals surface area contributed by atoms with Crippen LogP contribution in [0.15, 0.2) is 24.3 Å². The van der Waals surface area contributed by atoms with Gasteiger partial charge in [-0.05, 0) is 85.1 Å². The zero-order valence-corrected chi connectivity index (χ0v) is 22.2. The fraction of sp³-hybridized carbons (Fsp3) is 0.462. The maximum Gasteiger partial charge on any atom is 0.272 e. The van der Waals surface area contributed by atoms with E-state index in [1.807, 2.05) is 12.1 Å². The van der Waals surface area contributed by atoms with E-state index in [4.69, 9.17) is 39.9 Å². The number of hydrogen-bond donors (Lipinski definition) is 1. The number of benzene rings is 1. The van der Waals surface area contributed by atoms with E-state index in [1.165, 1.54) is 36.2 Å². The van der Waals surface area contributed by atoms with Crippen LogP contribution in [0.3, 0.4) is 0 Å². The molecule has 7 rings (SSSR count). The minimum Gasteiger partial charge on any atom is -0.350 e. The minimum atomic E-state index is -0.106. The summed E-state index contributed by atoms with van der Waals surface area (Å²) in [6, 6.07) is 7.36. The standard InChI is InChI=1S/C26H26Cl3N3OS/c1-26(2)15-5-3-14(18(26)10-15)12-30-25(33)22-17-7-4-13-9-21(29)34-24(13)23(17)32(31-22)20-8-6-16(27)11-19(20)28/h6,8-9,11,14-15,18H,3-5,7,10,12H2,1-2H3,(H,30,33). The molecule has 3 fully saturated rings. The topological polar surface area (TPSA) is 46.9 Å². The van der Waals surface area contributed by atoms with Crippen molar-refractivity contribution in [2.45, 2.75) is 46.0 Å². The number of halogens is 3. The Bertz CT molecular complexity index is 1310. The zero-order chi connectivity index (χ0) is 23.8. The molecule has 8 heteroatoms. The summed E-state index contributed by atoms with van der Waals surface area (Å²) in [5, 5.41) is 9.11. The van der Waals surface area contributed by atoms with E-state index >= 15 is 0 Å². The normalized spacial score (nSPS) is 24.2. The average Bonchev–Trinajstić information content (AvgIpc) is 3.37. The Morgan fingerprint density at radius 1 is 1.21 bits per heavy atom. The van der Waals surface area contributed by atoms with Gasteiger partial charge in [0.15, 0.2) is 5.69 Å². The van der Waals surface area contributed by atoms with Crippen LogP contribution >= 0.6 is 46.1 Å². The summed E-state index contributed by atoms with van der Waals surface area (Å²) < 4.78 is 2.53. The highest BCUT2D eigenvalue weighted by molar-refractivity contribution is 7.19. The molecule has 178 valence electrons. The number of aryl methyl sites for hydroxylation is 1. The Balaban J connectivity index is 1.36. The van der Waals surface area contributed by atoms with Crippen LogP contribution in [0.25, 0.3) is 16.3 Å². The summed E-state index contributed by atoms with van der Waals surface area (Å²) in [6.45, 7) is 5.48. The number of carbonyl (C=O) groups is 1. The number of fused-ring (bicyclic) bond motifs is 5. The van der Waals surface area contributed by atoms with Crippen molar-refractivity contribution in [2.24, 2.45) is 23.2 Å². The largest absolute Gasteiger partial charge is 0.350 e. The number of carbonyl (C=O) groups excluding carboxylic acids is 1. The van der Waals surface area contributed by atoms with Gasteiger partial charge in [-0.1, -0.05) is 48.7 Å². The lowest BCUT2D eigenvalue weighted by Gasteiger charge is -2.60. The first-order valence-electron chi connectivity index (χ1n) is 11.9. The Labute approximate surface area is 218 Å². The van der Waals surface area contributed by atoms with E-state index in [0.717, 1.165) is 39.2 Å². The third kappa shape index (κ3) is 3.54. The molecular formula is C26H26Cl3N3OS. The maximum atomic E-state index is 13.5. The van der Waals surface area contributed by atoms with E-state index < -0.39 is 0 Å². The molecule has 1 N–H and O–H groups in total. The molecule has 2 heterocycles. The predicted octanol–water partition coefficient (Wildman–Crippen LogP) is 7.46. The first-order valence-corrected chi connectivity index (χ1v) is 13.8. The molecular weight excluding hydrogens is 509 g/mol. The molecule has 0 aliphatic heterocycles. The van der Waals surface area contributed by atoms with Crippen LogP contribution in [-0.4, -0.2) is 22.2 Å². The van der Waals surface area contributed by atoms with E-state index in [9.17, 15) is 4.79 Å². The van der Waals surface area contributed by atoms with E-state index in [2.05, 4.69) is 19.2 Å². The number of aromatic nitrogens is 2. The first kappa shape index (κ1) is 22.9. The third-order valence-corrected chi connectivity index (χ3v) is 10.4. The summed E-state index contributed by atoms with van der Waals surface area (Å²) in [5.41, 5.74) is 4.64. The minimum absolute atomic E-state index is 0.106.